The second kappa shape index (κ2) is 7.80. The van der Waals surface area contributed by atoms with Crippen LogP contribution in [-0.4, -0.2) is 41.5 Å². The van der Waals surface area contributed by atoms with Gasteiger partial charge in [0.2, 0.25) is 5.91 Å². The molecular formula is C25H26N2O3. The lowest BCUT2D eigenvalue weighted by atomic mass is 9.78. The molecule has 5 heteroatoms. The van der Waals surface area contributed by atoms with Crippen LogP contribution in [0.5, 0.6) is 0 Å². The molecule has 30 heavy (non-hydrogen) atoms. The van der Waals surface area contributed by atoms with Crippen molar-refractivity contribution < 1.29 is 14.4 Å². The van der Waals surface area contributed by atoms with Gasteiger partial charge in [-0.05, 0) is 44.2 Å². The lowest BCUT2D eigenvalue weighted by Gasteiger charge is -2.43. The van der Waals surface area contributed by atoms with Gasteiger partial charge in [-0.2, -0.15) is 0 Å². The van der Waals surface area contributed by atoms with Gasteiger partial charge in [0.1, 0.15) is 0 Å². The second-order valence-corrected chi connectivity index (χ2v) is 8.70. The summed E-state index contributed by atoms with van der Waals surface area (Å²) < 4.78 is 0. The Hall–Kier alpha value is -2.79. The van der Waals surface area contributed by atoms with Crippen LogP contribution in [0.2, 0.25) is 0 Å². The molecule has 0 radical (unpaired) electrons. The number of amides is 1. The summed E-state index contributed by atoms with van der Waals surface area (Å²) in [7, 11) is 0. The van der Waals surface area contributed by atoms with Crippen molar-refractivity contribution in [3.05, 3.63) is 64.7 Å². The molecule has 0 spiro atoms. The van der Waals surface area contributed by atoms with Crippen LogP contribution in [0.25, 0.3) is 0 Å². The highest BCUT2D eigenvalue weighted by atomic mass is 16.2. The Morgan fingerprint density at radius 1 is 0.867 bits per heavy atom. The number of hydrogen-bond acceptors (Lipinski definition) is 4. The summed E-state index contributed by atoms with van der Waals surface area (Å²) >= 11 is 0. The zero-order valence-electron chi connectivity index (χ0n) is 17.0. The zero-order valence-corrected chi connectivity index (χ0v) is 17.0. The number of rotatable bonds is 3. The Balaban J connectivity index is 1.38. The van der Waals surface area contributed by atoms with Crippen LogP contribution in [0.15, 0.2) is 42.5 Å². The number of carbonyl (C=O) groups is 3. The van der Waals surface area contributed by atoms with E-state index in [1.54, 1.807) is 42.5 Å². The molecule has 154 valence electrons. The molecule has 2 aliphatic carbocycles. The first-order chi connectivity index (χ1) is 14.6. The number of hydrogen-bond donors (Lipinski definition) is 1. The van der Waals surface area contributed by atoms with E-state index in [1.807, 2.05) is 0 Å². The molecule has 0 bridgehead atoms. The van der Waals surface area contributed by atoms with Gasteiger partial charge in [0.25, 0.3) is 0 Å². The quantitative estimate of drug-likeness (QED) is 0.718. The minimum Gasteiger partial charge on any atom is -0.324 e. The predicted molar refractivity (Wildman–Crippen MR) is 115 cm³/mol. The first-order valence-corrected chi connectivity index (χ1v) is 11.0. The van der Waals surface area contributed by atoms with E-state index in [4.69, 9.17) is 0 Å². The van der Waals surface area contributed by atoms with Gasteiger partial charge in [0.05, 0.1) is 17.8 Å². The van der Waals surface area contributed by atoms with Gasteiger partial charge in [-0.3, -0.25) is 19.3 Å². The smallest absolute Gasteiger partial charge is 0.238 e. The van der Waals surface area contributed by atoms with Crippen LogP contribution in [0.1, 0.15) is 70.4 Å². The molecule has 1 N–H and O–H groups in total. The molecule has 2 fully saturated rings. The van der Waals surface area contributed by atoms with E-state index in [9.17, 15) is 14.4 Å². The maximum Gasteiger partial charge on any atom is 0.238 e. The van der Waals surface area contributed by atoms with Crippen molar-refractivity contribution in [3.63, 3.8) is 0 Å². The largest absolute Gasteiger partial charge is 0.324 e. The molecule has 1 heterocycles. The number of likely N-dealkylation sites (tertiary alicyclic amines) is 1. The molecule has 3 aliphatic rings. The monoisotopic (exact) mass is 402 g/mol. The average molecular weight is 402 g/mol. The summed E-state index contributed by atoms with van der Waals surface area (Å²) in [5, 5.41) is 2.94. The van der Waals surface area contributed by atoms with Gasteiger partial charge < -0.3 is 5.32 Å². The average Bonchev–Trinajstić information content (AvgIpc) is 2.77. The molecule has 0 aromatic heterocycles. The van der Waals surface area contributed by atoms with Gasteiger partial charge in [0, 0.05) is 22.7 Å². The number of fused-ring (bicyclic) bond motifs is 3. The molecule has 2 aromatic carbocycles. The summed E-state index contributed by atoms with van der Waals surface area (Å²) in [6.07, 6.45) is 7.38. The van der Waals surface area contributed by atoms with E-state index in [1.165, 1.54) is 32.1 Å². The van der Waals surface area contributed by atoms with E-state index in [2.05, 4.69) is 10.2 Å². The summed E-state index contributed by atoms with van der Waals surface area (Å²) in [5.74, 6) is 0.216. The highest BCUT2D eigenvalue weighted by Gasteiger charge is 2.35. The number of ketones is 2. The molecular weight excluding hydrogens is 376 g/mol. The third kappa shape index (κ3) is 3.27. The molecule has 1 amide bonds. The third-order valence-electron chi connectivity index (χ3n) is 6.93. The number of nitrogens with zero attached hydrogens (tertiary/aromatic N) is 1. The normalized spacial score (nSPS) is 23.3. The molecule has 2 atom stereocenters. The molecule has 1 aliphatic heterocycles. The molecule has 0 unspecified atom stereocenters. The molecule has 5 rings (SSSR count). The summed E-state index contributed by atoms with van der Waals surface area (Å²) in [6.45, 7) is 1.29. The lowest BCUT2D eigenvalue weighted by Crippen LogP contribution is -2.49. The number of nitrogens with one attached hydrogen (secondary N) is 1. The van der Waals surface area contributed by atoms with E-state index in [0.29, 0.717) is 46.4 Å². The Morgan fingerprint density at radius 2 is 1.57 bits per heavy atom. The highest BCUT2D eigenvalue weighted by Crippen LogP contribution is 2.35. The highest BCUT2D eigenvalue weighted by molar-refractivity contribution is 6.30. The van der Waals surface area contributed by atoms with Crippen LogP contribution in [-0.2, 0) is 4.79 Å². The number of benzene rings is 2. The predicted octanol–water partition coefficient (Wildman–Crippen LogP) is 4.06. The van der Waals surface area contributed by atoms with Crippen molar-refractivity contribution >= 4 is 23.2 Å². The van der Waals surface area contributed by atoms with E-state index in [-0.39, 0.29) is 17.5 Å². The standard InChI is InChI=1S/C25H26N2O3/c28-22(15-27-14-6-8-16-7-1-4-13-21(16)27)26-20-12-5-11-19-23(20)25(30)18-10-3-2-9-17(18)24(19)29/h2-3,5,9-12,16,21H,1,4,6-8,13-15H2,(H,26,28)/t16-,21-/m0/s1. The van der Waals surface area contributed by atoms with Crippen molar-refractivity contribution in [2.24, 2.45) is 5.92 Å². The first-order valence-electron chi connectivity index (χ1n) is 11.0. The van der Waals surface area contributed by atoms with Crippen LogP contribution in [0, 0.1) is 5.92 Å². The van der Waals surface area contributed by atoms with Gasteiger partial charge in [-0.25, -0.2) is 0 Å². The minimum absolute atomic E-state index is 0.117. The van der Waals surface area contributed by atoms with Gasteiger partial charge in [-0.15, -0.1) is 0 Å². The Labute approximate surface area is 176 Å². The maximum absolute atomic E-state index is 13.1. The van der Waals surface area contributed by atoms with E-state index in [0.717, 1.165) is 13.0 Å². The molecule has 2 aromatic rings. The topological polar surface area (TPSA) is 66.5 Å². The van der Waals surface area contributed by atoms with Crippen molar-refractivity contribution in [3.8, 4) is 0 Å². The van der Waals surface area contributed by atoms with Crippen LogP contribution in [0.3, 0.4) is 0 Å². The zero-order chi connectivity index (χ0) is 20.7. The number of piperidine rings is 1. The minimum atomic E-state index is -0.207. The lowest BCUT2D eigenvalue weighted by molar-refractivity contribution is -0.118. The van der Waals surface area contributed by atoms with Crippen molar-refractivity contribution in [2.75, 3.05) is 18.4 Å². The fourth-order valence-electron chi connectivity index (χ4n) is 5.55. The number of carbonyl (C=O) groups excluding carboxylic acids is 3. The molecule has 1 saturated carbocycles. The summed E-state index contributed by atoms with van der Waals surface area (Å²) in [5.41, 5.74) is 1.93. The van der Waals surface area contributed by atoms with Crippen molar-refractivity contribution in [1.29, 1.82) is 0 Å². The first kappa shape index (κ1) is 19.2. The second-order valence-electron chi connectivity index (χ2n) is 8.70. The van der Waals surface area contributed by atoms with Crippen LogP contribution >= 0.6 is 0 Å². The Bertz CT molecular complexity index is 1030. The van der Waals surface area contributed by atoms with Gasteiger partial charge in [0.15, 0.2) is 11.6 Å². The van der Waals surface area contributed by atoms with Crippen LogP contribution in [0.4, 0.5) is 5.69 Å². The third-order valence-corrected chi connectivity index (χ3v) is 6.93. The SMILES string of the molecule is O=C(CN1CCC[C@@H]2CCCC[C@@H]21)Nc1cccc2c1C(=O)c1ccccc1C2=O. The molecule has 5 nitrogen and oxygen atoms in total. The fraction of sp³-hybridized carbons (Fsp3) is 0.400. The van der Waals surface area contributed by atoms with Crippen molar-refractivity contribution in [1.82, 2.24) is 4.90 Å². The van der Waals surface area contributed by atoms with Crippen molar-refractivity contribution in [2.45, 2.75) is 44.6 Å². The van der Waals surface area contributed by atoms with E-state index >= 15 is 0 Å². The fourth-order valence-corrected chi connectivity index (χ4v) is 5.55. The van der Waals surface area contributed by atoms with E-state index < -0.39 is 0 Å². The summed E-state index contributed by atoms with van der Waals surface area (Å²) in [6, 6.07) is 12.5. The molecule has 1 saturated heterocycles. The van der Waals surface area contributed by atoms with Gasteiger partial charge in [-0.1, -0.05) is 49.2 Å². The maximum atomic E-state index is 13.1. The Morgan fingerprint density at radius 3 is 2.40 bits per heavy atom. The number of anilines is 1. The van der Waals surface area contributed by atoms with Crippen LogP contribution < -0.4 is 5.32 Å². The Kier molecular flexibility index (Phi) is 4.99. The van der Waals surface area contributed by atoms with Gasteiger partial charge >= 0.3 is 0 Å². The summed E-state index contributed by atoms with van der Waals surface area (Å²) in [4.78, 5) is 41.3.